The van der Waals surface area contributed by atoms with E-state index in [4.69, 9.17) is 16.3 Å². The summed E-state index contributed by atoms with van der Waals surface area (Å²) < 4.78 is 5.10. The van der Waals surface area contributed by atoms with E-state index in [1.54, 1.807) is 13.2 Å². The number of nitrogens with one attached hydrogen (secondary N) is 3. The first-order chi connectivity index (χ1) is 11.0. The van der Waals surface area contributed by atoms with Gasteiger partial charge in [-0.3, -0.25) is 4.79 Å². The number of rotatable bonds is 5. The lowest BCUT2D eigenvalue weighted by Gasteiger charge is -2.28. The second kappa shape index (κ2) is 8.06. The van der Waals surface area contributed by atoms with E-state index in [0.29, 0.717) is 30.3 Å². The van der Waals surface area contributed by atoms with Gasteiger partial charge < -0.3 is 20.7 Å². The summed E-state index contributed by atoms with van der Waals surface area (Å²) in [6.45, 7) is 3.05. The second-order valence-electron chi connectivity index (χ2n) is 5.64. The van der Waals surface area contributed by atoms with E-state index in [0.717, 1.165) is 12.0 Å². The number of piperidine rings is 1. The van der Waals surface area contributed by atoms with Crippen LogP contribution in [0.15, 0.2) is 18.2 Å². The maximum absolute atomic E-state index is 11.9. The van der Waals surface area contributed by atoms with Crippen LogP contribution in [0.25, 0.3) is 0 Å². The Balaban J connectivity index is 1.79. The summed E-state index contributed by atoms with van der Waals surface area (Å²) in [4.78, 5) is 23.7. The van der Waals surface area contributed by atoms with Crippen molar-refractivity contribution in [3.63, 3.8) is 0 Å². The van der Waals surface area contributed by atoms with E-state index in [-0.39, 0.29) is 17.9 Å². The highest BCUT2D eigenvalue weighted by atomic mass is 35.5. The number of urea groups is 1. The molecule has 1 fully saturated rings. The number of carbonyl (C=O) groups excluding carboxylic acids is 2. The molecule has 1 aliphatic heterocycles. The van der Waals surface area contributed by atoms with Gasteiger partial charge >= 0.3 is 6.03 Å². The van der Waals surface area contributed by atoms with Gasteiger partial charge in [0.25, 0.3) is 0 Å². The number of halogens is 1. The minimum absolute atomic E-state index is 0.128. The van der Waals surface area contributed by atoms with Gasteiger partial charge in [0, 0.05) is 18.1 Å². The van der Waals surface area contributed by atoms with Gasteiger partial charge in [-0.25, -0.2) is 4.79 Å². The Morgan fingerprint density at radius 3 is 2.91 bits per heavy atom. The first-order valence-electron chi connectivity index (χ1n) is 7.65. The number of hydrogen-bond donors (Lipinski definition) is 3. The maximum Gasteiger partial charge on any atom is 0.315 e. The Kier molecular flexibility index (Phi) is 6.10. The second-order valence-corrected chi connectivity index (χ2v) is 6.05. The smallest absolute Gasteiger partial charge is 0.315 e. The number of amides is 3. The largest absolute Gasteiger partial charge is 0.497 e. The average molecular weight is 340 g/mol. The molecular weight excluding hydrogens is 318 g/mol. The van der Waals surface area contributed by atoms with E-state index in [2.05, 4.69) is 16.0 Å². The van der Waals surface area contributed by atoms with Crippen molar-refractivity contribution in [1.29, 1.82) is 0 Å². The third-order valence-electron chi connectivity index (χ3n) is 3.98. The van der Waals surface area contributed by atoms with Gasteiger partial charge in [0.1, 0.15) is 11.8 Å². The minimum atomic E-state index is -0.478. The van der Waals surface area contributed by atoms with Crippen LogP contribution < -0.4 is 20.7 Å². The van der Waals surface area contributed by atoms with Gasteiger partial charge in [-0.15, -0.1) is 0 Å². The topological polar surface area (TPSA) is 79.5 Å². The van der Waals surface area contributed by atoms with Gasteiger partial charge in [-0.1, -0.05) is 24.6 Å². The van der Waals surface area contributed by atoms with Crippen molar-refractivity contribution in [3.8, 4) is 5.75 Å². The molecule has 0 saturated carbocycles. The van der Waals surface area contributed by atoms with Gasteiger partial charge in [0.2, 0.25) is 5.91 Å². The van der Waals surface area contributed by atoms with Gasteiger partial charge in [-0.2, -0.15) is 0 Å². The lowest BCUT2D eigenvalue weighted by molar-refractivity contribution is -0.125. The molecule has 1 aliphatic rings. The molecular formula is C16H22ClN3O3. The summed E-state index contributed by atoms with van der Waals surface area (Å²) in [6.07, 6.45) is 1.46. The monoisotopic (exact) mass is 339 g/mol. The molecule has 0 radical (unpaired) electrons. The molecule has 0 bridgehead atoms. The summed E-state index contributed by atoms with van der Waals surface area (Å²) in [6, 6.07) is 4.62. The van der Waals surface area contributed by atoms with Gasteiger partial charge in [0.15, 0.2) is 0 Å². The van der Waals surface area contributed by atoms with E-state index < -0.39 is 6.04 Å². The first kappa shape index (κ1) is 17.4. The van der Waals surface area contributed by atoms with Gasteiger partial charge in [-0.05, 0) is 36.5 Å². The Morgan fingerprint density at radius 1 is 1.48 bits per heavy atom. The van der Waals surface area contributed by atoms with Crippen LogP contribution in [-0.4, -0.2) is 38.2 Å². The highest BCUT2D eigenvalue weighted by Gasteiger charge is 2.29. The quantitative estimate of drug-likeness (QED) is 0.764. The summed E-state index contributed by atoms with van der Waals surface area (Å²) in [5, 5.41) is 8.84. The van der Waals surface area contributed by atoms with Crippen molar-refractivity contribution in [2.24, 2.45) is 5.92 Å². The van der Waals surface area contributed by atoms with E-state index in [9.17, 15) is 9.59 Å². The van der Waals surface area contributed by atoms with Crippen LogP contribution in [-0.2, 0) is 11.2 Å². The molecule has 2 rings (SSSR count). The molecule has 1 aromatic rings. The van der Waals surface area contributed by atoms with Crippen molar-refractivity contribution in [2.75, 3.05) is 20.2 Å². The predicted molar refractivity (Wildman–Crippen MR) is 88.8 cm³/mol. The molecule has 3 amide bonds. The molecule has 7 heteroatoms. The minimum Gasteiger partial charge on any atom is -0.497 e. The molecule has 0 unspecified atom stereocenters. The van der Waals surface area contributed by atoms with Crippen LogP contribution in [0.3, 0.4) is 0 Å². The molecule has 6 nitrogen and oxygen atoms in total. The summed E-state index contributed by atoms with van der Waals surface area (Å²) in [7, 11) is 1.58. The fourth-order valence-electron chi connectivity index (χ4n) is 2.53. The molecule has 2 atom stereocenters. The zero-order chi connectivity index (χ0) is 16.8. The number of ether oxygens (including phenoxy) is 1. The molecule has 0 spiro atoms. The predicted octanol–water partition coefficient (Wildman–Crippen LogP) is 1.71. The fourth-order valence-corrected chi connectivity index (χ4v) is 2.79. The molecule has 1 heterocycles. The van der Waals surface area contributed by atoms with E-state index in [1.165, 1.54) is 0 Å². The van der Waals surface area contributed by atoms with Crippen molar-refractivity contribution in [3.05, 3.63) is 28.8 Å². The third-order valence-corrected chi connectivity index (χ3v) is 4.33. The van der Waals surface area contributed by atoms with Crippen LogP contribution in [0.5, 0.6) is 5.75 Å². The lowest BCUT2D eigenvalue weighted by Crippen LogP contribution is -2.56. The number of hydrogen-bond acceptors (Lipinski definition) is 3. The molecule has 1 aromatic carbocycles. The molecule has 0 aliphatic carbocycles. The fraction of sp³-hybridized carbons (Fsp3) is 0.500. The normalized spacial score (nSPS) is 20.6. The Bertz CT molecular complexity index is 580. The van der Waals surface area contributed by atoms with Crippen LogP contribution >= 0.6 is 11.6 Å². The SMILES string of the molecule is COc1ccc(CCNC(=O)N[C@@H]2C(=O)NCC[C@@H]2C)c(Cl)c1. The van der Waals surface area contributed by atoms with E-state index in [1.807, 2.05) is 19.1 Å². The number of carbonyl (C=O) groups is 2. The zero-order valence-corrected chi connectivity index (χ0v) is 14.1. The molecule has 3 N–H and O–H groups in total. The average Bonchev–Trinajstić information content (AvgIpc) is 2.52. The van der Waals surface area contributed by atoms with Gasteiger partial charge in [0.05, 0.1) is 7.11 Å². The first-order valence-corrected chi connectivity index (χ1v) is 8.03. The number of benzene rings is 1. The standard InChI is InChI=1S/C16H22ClN3O3/c1-10-5-7-18-15(21)14(10)20-16(22)19-8-6-11-3-4-12(23-2)9-13(11)17/h3-4,9-10,14H,5-8H2,1-2H3,(H,18,21)(H2,19,20,22)/t10-,14-/m0/s1. The number of methoxy groups -OCH3 is 1. The van der Waals surface area contributed by atoms with Crippen molar-refractivity contribution in [2.45, 2.75) is 25.8 Å². The van der Waals surface area contributed by atoms with Crippen molar-refractivity contribution < 1.29 is 14.3 Å². The molecule has 126 valence electrons. The third kappa shape index (κ3) is 4.76. The van der Waals surface area contributed by atoms with Crippen LogP contribution in [0, 0.1) is 5.92 Å². The highest BCUT2D eigenvalue weighted by Crippen LogP contribution is 2.22. The van der Waals surface area contributed by atoms with Crippen LogP contribution in [0.2, 0.25) is 5.02 Å². The van der Waals surface area contributed by atoms with Crippen LogP contribution in [0.1, 0.15) is 18.9 Å². The molecule has 1 saturated heterocycles. The molecule has 23 heavy (non-hydrogen) atoms. The summed E-state index contributed by atoms with van der Waals surface area (Å²) in [5.74, 6) is 0.699. The van der Waals surface area contributed by atoms with Crippen molar-refractivity contribution in [1.82, 2.24) is 16.0 Å². The molecule has 0 aromatic heterocycles. The highest BCUT2D eigenvalue weighted by molar-refractivity contribution is 6.31. The summed E-state index contributed by atoms with van der Waals surface area (Å²) >= 11 is 6.16. The maximum atomic E-state index is 11.9. The van der Waals surface area contributed by atoms with Crippen molar-refractivity contribution >= 4 is 23.5 Å². The van der Waals surface area contributed by atoms with Crippen LogP contribution in [0.4, 0.5) is 4.79 Å². The Hall–Kier alpha value is -1.95. The Morgan fingerprint density at radius 2 is 2.26 bits per heavy atom. The lowest BCUT2D eigenvalue weighted by atomic mass is 9.94. The van der Waals surface area contributed by atoms with E-state index >= 15 is 0 Å². The zero-order valence-electron chi connectivity index (χ0n) is 13.3. The summed E-state index contributed by atoms with van der Waals surface area (Å²) in [5.41, 5.74) is 0.927. The Labute approximate surface area is 140 Å².